The molecule has 0 bridgehead atoms. The van der Waals surface area contributed by atoms with E-state index in [4.69, 9.17) is 11.5 Å². The standard InChI is InChI=1S/C8H20N2/c1-3-5-8(10,7-9)6-4-2/h3-7,9-10H2,1-2H3. The summed E-state index contributed by atoms with van der Waals surface area (Å²) in [4.78, 5) is 0. The van der Waals surface area contributed by atoms with Crippen molar-refractivity contribution in [3.63, 3.8) is 0 Å². The SMILES string of the molecule is CCCC(N)(CN)CCC. The zero-order chi connectivity index (χ0) is 8.04. The highest BCUT2D eigenvalue weighted by atomic mass is 14.8. The van der Waals surface area contributed by atoms with Crippen LogP contribution in [0.3, 0.4) is 0 Å². The summed E-state index contributed by atoms with van der Waals surface area (Å²) < 4.78 is 0. The Bertz CT molecular complexity index is 75.3. The molecule has 4 N–H and O–H groups in total. The van der Waals surface area contributed by atoms with Gasteiger partial charge in [0.15, 0.2) is 0 Å². The molecular weight excluding hydrogens is 124 g/mol. The number of hydrogen-bond donors (Lipinski definition) is 2. The Kier molecular flexibility index (Phi) is 4.65. The quantitative estimate of drug-likeness (QED) is 0.610. The minimum absolute atomic E-state index is 0.0799. The van der Waals surface area contributed by atoms with Gasteiger partial charge in [-0.15, -0.1) is 0 Å². The van der Waals surface area contributed by atoms with Crippen LogP contribution in [0.25, 0.3) is 0 Å². The molecule has 0 unspecified atom stereocenters. The molecule has 62 valence electrons. The van der Waals surface area contributed by atoms with E-state index in [1.54, 1.807) is 0 Å². The third-order valence-corrected chi connectivity index (χ3v) is 1.90. The number of rotatable bonds is 5. The molecule has 0 atom stereocenters. The van der Waals surface area contributed by atoms with Gasteiger partial charge in [0.05, 0.1) is 0 Å². The second-order valence-electron chi connectivity index (χ2n) is 3.07. The lowest BCUT2D eigenvalue weighted by atomic mass is 9.90. The first-order valence-electron chi connectivity index (χ1n) is 4.17. The maximum atomic E-state index is 5.99. The second-order valence-corrected chi connectivity index (χ2v) is 3.07. The fourth-order valence-electron chi connectivity index (χ4n) is 1.32. The van der Waals surface area contributed by atoms with Crippen molar-refractivity contribution < 1.29 is 0 Å². The number of nitrogens with two attached hydrogens (primary N) is 2. The van der Waals surface area contributed by atoms with Crippen molar-refractivity contribution in [3.05, 3.63) is 0 Å². The Hall–Kier alpha value is -0.0800. The molecule has 2 nitrogen and oxygen atoms in total. The van der Waals surface area contributed by atoms with E-state index in [1.807, 2.05) is 0 Å². The predicted octanol–water partition coefficient (Wildman–Crippen LogP) is 1.24. The molecule has 0 saturated heterocycles. The summed E-state index contributed by atoms with van der Waals surface area (Å²) in [5, 5.41) is 0. The van der Waals surface area contributed by atoms with Crippen LogP contribution in [0.5, 0.6) is 0 Å². The maximum absolute atomic E-state index is 5.99. The molecule has 0 aliphatic heterocycles. The molecule has 0 rings (SSSR count). The summed E-state index contributed by atoms with van der Waals surface area (Å²) in [6.07, 6.45) is 4.37. The zero-order valence-electron chi connectivity index (χ0n) is 7.19. The molecule has 0 radical (unpaired) electrons. The molecule has 0 amide bonds. The highest BCUT2D eigenvalue weighted by molar-refractivity contribution is 4.83. The molecule has 0 heterocycles. The van der Waals surface area contributed by atoms with E-state index in [2.05, 4.69) is 13.8 Å². The summed E-state index contributed by atoms with van der Waals surface area (Å²) in [6.45, 7) is 4.91. The highest BCUT2D eigenvalue weighted by Crippen LogP contribution is 2.14. The van der Waals surface area contributed by atoms with Gasteiger partial charge < -0.3 is 11.5 Å². The largest absolute Gasteiger partial charge is 0.329 e. The molecule has 0 aromatic heterocycles. The Balaban J connectivity index is 3.69. The zero-order valence-corrected chi connectivity index (χ0v) is 7.19. The summed E-state index contributed by atoms with van der Waals surface area (Å²) in [5.74, 6) is 0. The minimum Gasteiger partial charge on any atom is -0.329 e. The maximum Gasteiger partial charge on any atom is 0.0278 e. The topological polar surface area (TPSA) is 52.0 Å². The lowest BCUT2D eigenvalue weighted by Crippen LogP contribution is -2.46. The van der Waals surface area contributed by atoms with Gasteiger partial charge in [0, 0.05) is 12.1 Å². The average Bonchev–Trinajstić information content (AvgIpc) is 1.89. The van der Waals surface area contributed by atoms with Gasteiger partial charge in [-0.05, 0) is 12.8 Å². The monoisotopic (exact) mass is 144 g/mol. The Morgan fingerprint density at radius 2 is 1.50 bits per heavy atom. The van der Waals surface area contributed by atoms with Gasteiger partial charge in [-0.25, -0.2) is 0 Å². The summed E-state index contributed by atoms with van der Waals surface area (Å²) in [6, 6.07) is 0. The second kappa shape index (κ2) is 4.69. The average molecular weight is 144 g/mol. The van der Waals surface area contributed by atoms with Crippen molar-refractivity contribution in [3.8, 4) is 0 Å². The minimum atomic E-state index is -0.0799. The van der Waals surface area contributed by atoms with E-state index < -0.39 is 0 Å². The molecule has 2 heteroatoms. The third-order valence-electron chi connectivity index (χ3n) is 1.90. The van der Waals surface area contributed by atoms with Crippen LogP contribution in [0.4, 0.5) is 0 Å². The van der Waals surface area contributed by atoms with Crippen molar-refractivity contribution >= 4 is 0 Å². The van der Waals surface area contributed by atoms with Crippen molar-refractivity contribution in [2.45, 2.75) is 45.1 Å². The van der Waals surface area contributed by atoms with Crippen molar-refractivity contribution in [2.75, 3.05) is 6.54 Å². The van der Waals surface area contributed by atoms with Gasteiger partial charge in [0.1, 0.15) is 0 Å². The van der Waals surface area contributed by atoms with Crippen LogP contribution in [-0.2, 0) is 0 Å². The van der Waals surface area contributed by atoms with E-state index in [0.717, 1.165) is 25.7 Å². The first-order valence-corrected chi connectivity index (χ1v) is 4.17. The lowest BCUT2D eigenvalue weighted by molar-refractivity contribution is 0.367. The van der Waals surface area contributed by atoms with Gasteiger partial charge in [-0.3, -0.25) is 0 Å². The third kappa shape index (κ3) is 3.18. The molecule has 0 spiro atoms. The summed E-state index contributed by atoms with van der Waals surface area (Å²) in [5.41, 5.74) is 11.5. The lowest BCUT2D eigenvalue weighted by Gasteiger charge is -2.26. The molecule has 10 heavy (non-hydrogen) atoms. The predicted molar refractivity (Wildman–Crippen MR) is 45.8 cm³/mol. The van der Waals surface area contributed by atoms with E-state index in [0.29, 0.717) is 6.54 Å². The number of hydrogen-bond acceptors (Lipinski definition) is 2. The highest BCUT2D eigenvalue weighted by Gasteiger charge is 2.19. The summed E-state index contributed by atoms with van der Waals surface area (Å²) in [7, 11) is 0. The molecule has 0 saturated carbocycles. The van der Waals surface area contributed by atoms with Crippen molar-refractivity contribution in [1.82, 2.24) is 0 Å². The van der Waals surface area contributed by atoms with Crippen LogP contribution in [0.15, 0.2) is 0 Å². The van der Waals surface area contributed by atoms with E-state index in [9.17, 15) is 0 Å². The molecule has 0 aromatic carbocycles. The molecule has 0 aliphatic rings. The fraction of sp³-hybridized carbons (Fsp3) is 1.00. The smallest absolute Gasteiger partial charge is 0.0278 e. The van der Waals surface area contributed by atoms with Crippen molar-refractivity contribution in [1.29, 1.82) is 0 Å². The van der Waals surface area contributed by atoms with E-state index >= 15 is 0 Å². The molecule has 0 aliphatic carbocycles. The Labute approximate surface area is 64.0 Å². The fourth-order valence-corrected chi connectivity index (χ4v) is 1.32. The Morgan fingerprint density at radius 3 is 1.70 bits per heavy atom. The van der Waals surface area contributed by atoms with Gasteiger partial charge in [0.25, 0.3) is 0 Å². The Morgan fingerprint density at radius 1 is 1.10 bits per heavy atom. The van der Waals surface area contributed by atoms with E-state index in [-0.39, 0.29) is 5.54 Å². The van der Waals surface area contributed by atoms with Gasteiger partial charge in [-0.1, -0.05) is 26.7 Å². The van der Waals surface area contributed by atoms with Crippen LogP contribution in [-0.4, -0.2) is 12.1 Å². The normalized spacial score (nSPS) is 12.0. The van der Waals surface area contributed by atoms with Crippen LogP contribution in [0.2, 0.25) is 0 Å². The van der Waals surface area contributed by atoms with Crippen LogP contribution >= 0.6 is 0 Å². The van der Waals surface area contributed by atoms with Gasteiger partial charge >= 0.3 is 0 Å². The molecular formula is C8H20N2. The van der Waals surface area contributed by atoms with Crippen LogP contribution < -0.4 is 11.5 Å². The first-order chi connectivity index (χ1) is 4.68. The van der Waals surface area contributed by atoms with Gasteiger partial charge in [0.2, 0.25) is 0 Å². The molecule has 0 fully saturated rings. The summed E-state index contributed by atoms with van der Waals surface area (Å²) >= 11 is 0. The molecule has 0 aromatic rings. The van der Waals surface area contributed by atoms with Crippen molar-refractivity contribution in [2.24, 2.45) is 11.5 Å². The first kappa shape index (κ1) is 9.92. The van der Waals surface area contributed by atoms with E-state index in [1.165, 1.54) is 0 Å². The van der Waals surface area contributed by atoms with Gasteiger partial charge in [-0.2, -0.15) is 0 Å². The van der Waals surface area contributed by atoms with Crippen LogP contribution in [0.1, 0.15) is 39.5 Å². The van der Waals surface area contributed by atoms with Crippen LogP contribution in [0, 0.1) is 0 Å².